The number of nitrogens with zero attached hydrogens (tertiary/aromatic N) is 4. The summed E-state index contributed by atoms with van der Waals surface area (Å²) in [4.78, 5) is 25.6. The van der Waals surface area contributed by atoms with E-state index in [0.29, 0.717) is 23.0 Å². The summed E-state index contributed by atoms with van der Waals surface area (Å²) in [6.45, 7) is 6.16. The molecule has 0 aliphatic rings. The van der Waals surface area contributed by atoms with Crippen LogP contribution in [0.2, 0.25) is 0 Å². The molecular weight excluding hydrogens is 338 g/mol. The number of aromatic nitrogens is 3. The van der Waals surface area contributed by atoms with Crippen molar-refractivity contribution in [2.45, 2.75) is 18.6 Å². The van der Waals surface area contributed by atoms with E-state index in [-0.39, 0.29) is 17.6 Å². The molecule has 0 fully saturated rings. The van der Waals surface area contributed by atoms with Gasteiger partial charge in [-0.3, -0.25) is 9.59 Å². The molecule has 132 valence electrons. The minimum Gasteiger partial charge on any atom is -0.345 e. The molecule has 0 unspecified atom stereocenters. The van der Waals surface area contributed by atoms with Gasteiger partial charge in [0.25, 0.3) is 5.91 Å². The number of nitrogens with one attached hydrogen (secondary N) is 1. The summed E-state index contributed by atoms with van der Waals surface area (Å²) in [6.07, 6.45) is 1.76. The number of thioether (sulfide) groups is 1. The second-order valence-corrected chi connectivity index (χ2v) is 6.49. The molecule has 8 heteroatoms. The lowest BCUT2D eigenvalue weighted by Gasteiger charge is -2.11. The molecule has 0 saturated heterocycles. The van der Waals surface area contributed by atoms with Crippen LogP contribution in [0.3, 0.4) is 0 Å². The van der Waals surface area contributed by atoms with Crippen LogP contribution in [0.25, 0.3) is 0 Å². The van der Waals surface area contributed by atoms with E-state index >= 15 is 0 Å². The van der Waals surface area contributed by atoms with E-state index in [1.165, 1.54) is 16.7 Å². The first-order chi connectivity index (χ1) is 11.9. The van der Waals surface area contributed by atoms with E-state index in [4.69, 9.17) is 0 Å². The molecule has 0 atom stereocenters. The Morgan fingerprint density at radius 1 is 1.36 bits per heavy atom. The zero-order valence-corrected chi connectivity index (χ0v) is 15.3. The molecule has 2 amide bonds. The number of anilines is 1. The van der Waals surface area contributed by atoms with Crippen molar-refractivity contribution in [1.29, 1.82) is 0 Å². The molecule has 1 N–H and O–H groups in total. The van der Waals surface area contributed by atoms with Crippen LogP contribution in [0.15, 0.2) is 42.1 Å². The summed E-state index contributed by atoms with van der Waals surface area (Å²) in [5.74, 6) is 0.683. The minimum atomic E-state index is -0.176. The SMILES string of the molecule is C=CCn1c(C)nnc1SCC(=O)Nc1cccc(C(=O)N(C)C)c1. The lowest BCUT2D eigenvalue weighted by atomic mass is 10.2. The number of hydrogen-bond donors (Lipinski definition) is 1. The number of rotatable bonds is 7. The Morgan fingerprint density at radius 3 is 2.80 bits per heavy atom. The number of carbonyl (C=O) groups excluding carboxylic acids is 2. The Morgan fingerprint density at radius 2 is 2.12 bits per heavy atom. The summed E-state index contributed by atoms with van der Waals surface area (Å²) in [5, 5.41) is 11.6. The molecule has 2 aromatic rings. The maximum Gasteiger partial charge on any atom is 0.253 e. The highest BCUT2D eigenvalue weighted by Gasteiger charge is 2.12. The van der Waals surface area contributed by atoms with Crippen LogP contribution in [0, 0.1) is 6.92 Å². The number of hydrogen-bond acceptors (Lipinski definition) is 5. The van der Waals surface area contributed by atoms with E-state index in [9.17, 15) is 9.59 Å². The fourth-order valence-electron chi connectivity index (χ4n) is 2.12. The molecule has 25 heavy (non-hydrogen) atoms. The highest BCUT2D eigenvalue weighted by Crippen LogP contribution is 2.18. The van der Waals surface area contributed by atoms with Gasteiger partial charge in [-0.1, -0.05) is 23.9 Å². The van der Waals surface area contributed by atoms with Gasteiger partial charge in [0.15, 0.2) is 5.16 Å². The summed E-state index contributed by atoms with van der Waals surface area (Å²) < 4.78 is 1.89. The fourth-order valence-corrected chi connectivity index (χ4v) is 2.92. The third kappa shape index (κ3) is 4.93. The highest BCUT2D eigenvalue weighted by atomic mass is 32.2. The van der Waals surface area contributed by atoms with Gasteiger partial charge in [0, 0.05) is 31.9 Å². The van der Waals surface area contributed by atoms with Crippen LogP contribution in [0.1, 0.15) is 16.2 Å². The van der Waals surface area contributed by atoms with Gasteiger partial charge in [0.1, 0.15) is 5.82 Å². The van der Waals surface area contributed by atoms with Crippen molar-refractivity contribution < 1.29 is 9.59 Å². The maximum atomic E-state index is 12.2. The van der Waals surface area contributed by atoms with Crippen molar-refractivity contribution in [1.82, 2.24) is 19.7 Å². The summed E-state index contributed by atoms with van der Waals surface area (Å²) in [7, 11) is 3.37. The number of benzene rings is 1. The second kappa shape index (κ2) is 8.48. The van der Waals surface area contributed by atoms with Gasteiger partial charge >= 0.3 is 0 Å². The van der Waals surface area contributed by atoms with Crippen molar-refractivity contribution in [3.63, 3.8) is 0 Å². The standard InChI is InChI=1S/C17H21N5O2S/c1-5-9-22-12(2)19-20-17(22)25-11-15(23)18-14-8-6-7-13(10-14)16(24)21(3)4/h5-8,10H,1,9,11H2,2-4H3,(H,18,23). The molecule has 0 spiro atoms. The van der Waals surface area contributed by atoms with Crippen molar-refractivity contribution in [2.75, 3.05) is 25.2 Å². The average Bonchev–Trinajstić information content (AvgIpc) is 2.93. The molecule has 2 rings (SSSR count). The van der Waals surface area contributed by atoms with Gasteiger partial charge in [-0.15, -0.1) is 16.8 Å². The number of amides is 2. The minimum absolute atomic E-state index is 0.113. The molecular formula is C17H21N5O2S. The van der Waals surface area contributed by atoms with Gasteiger partial charge in [-0.25, -0.2) is 0 Å². The quantitative estimate of drug-likeness (QED) is 0.606. The molecule has 0 bridgehead atoms. The zero-order valence-electron chi connectivity index (χ0n) is 14.5. The Kier molecular flexibility index (Phi) is 6.35. The molecule has 0 saturated carbocycles. The summed E-state index contributed by atoms with van der Waals surface area (Å²) >= 11 is 1.30. The first-order valence-electron chi connectivity index (χ1n) is 7.67. The third-order valence-corrected chi connectivity index (χ3v) is 4.31. The van der Waals surface area contributed by atoms with Crippen LogP contribution < -0.4 is 5.32 Å². The molecule has 0 radical (unpaired) electrons. The van der Waals surface area contributed by atoms with Crippen molar-refractivity contribution in [3.8, 4) is 0 Å². The van der Waals surface area contributed by atoms with Crippen molar-refractivity contribution >= 4 is 29.3 Å². The van der Waals surface area contributed by atoms with Gasteiger partial charge in [0.05, 0.1) is 5.75 Å². The molecule has 1 heterocycles. The molecule has 0 aliphatic carbocycles. The van der Waals surface area contributed by atoms with E-state index in [0.717, 1.165) is 5.82 Å². The number of aryl methyl sites for hydroxylation is 1. The van der Waals surface area contributed by atoms with Crippen molar-refractivity contribution in [3.05, 3.63) is 48.3 Å². The lowest BCUT2D eigenvalue weighted by Crippen LogP contribution is -2.22. The largest absolute Gasteiger partial charge is 0.345 e. The van der Waals surface area contributed by atoms with Crippen LogP contribution >= 0.6 is 11.8 Å². The molecule has 0 aliphatic heterocycles. The van der Waals surface area contributed by atoms with E-state index < -0.39 is 0 Å². The molecule has 1 aromatic carbocycles. The van der Waals surface area contributed by atoms with Crippen LogP contribution in [0.4, 0.5) is 5.69 Å². The Labute approximate surface area is 151 Å². The highest BCUT2D eigenvalue weighted by molar-refractivity contribution is 7.99. The van der Waals surface area contributed by atoms with E-state index in [1.54, 1.807) is 44.4 Å². The second-order valence-electron chi connectivity index (χ2n) is 5.55. The Balaban J connectivity index is 1.98. The van der Waals surface area contributed by atoms with Crippen molar-refractivity contribution in [2.24, 2.45) is 0 Å². The zero-order chi connectivity index (χ0) is 18.4. The van der Waals surface area contributed by atoms with Gasteiger partial charge in [-0.2, -0.15) is 0 Å². The van der Waals surface area contributed by atoms with Crippen LogP contribution in [-0.2, 0) is 11.3 Å². The average molecular weight is 359 g/mol. The summed E-state index contributed by atoms with van der Waals surface area (Å²) in [6, 6.07) is 6.87. The fraction of sp³-hybridized carbons (Fsp3) is 0.294. The van der Waals surface area contributed by atoms with Crippen LogP contribution in [-0.4, -0.2) is 51.3 Å². The first-order valence-corrected chi connectivity index (χ1v) is 8.66. The molecule has 7 nitrogen and oxygen atoms in total. The maximum absolute atomic E-state index is 12.2. The van der Waals surface area contributed by atoms with Gasteiger partial charge in [-0.05, 0) is 25.1 Å². The monoisotopic (exact) mass is 359 g/mol. The number of carbonyl (C=O) groups is 2. The Bertz CT molecular complexity index is 785. The van der Waals surface area contributed by atoms with E-state index in [2.05, 4.69) is 22.1 Å². The van der Waals surface area contributed by atoms with E-state index in [1.807, 2.05) is 11.5 Å². The topological polar surface area (TPSA) is 80.1 Å². The van der Waals surface area contributed by atoms with Gasteiger partial charge in [0.2, 0.25) is 5.91 Å². The molecule has 1 aromatic heterocycles. The third-order valence-electron chi connectivity index (χ3n) is 3.35. The predicted molar refractivity (Wildman–Crippen MR) is 98.8 cm³/mol. The lowest BCUT2D eigenvalue weighted by molar-refractivity contribution is -0.113. The Hall–Kier alpha value is -2.61. The first kappa shape index (κ1) is 18.7. The summed E-state index contributed by atoms with van der Waals surface area (Å²) in [5.41, 5.74) is 1.11. The van der Waals surface area contributed by atoms with Gasteiger partial charge < -0.3 is 14.8 Å². The predicted octanol–water partition coefficient (Wildman–Crippen LogP) is 2.21. The normalized spacial score (nSPS) is 10.4. The van der Waals surface area contributed by atoms with Crippen LogP contribution in [0.5, 0.6) is 0 Å². The smallest absolute Gasteiger partial charge is 0.253 e. The number of allylic oxidation sites excluding steroid dienone is 1.